The highest BCUT2D eigenvalue weighted by molar-refractivity contribution is 6.29. The fourth-order valence-corrected chi connectivity index (χ4v) is 2.09. The second-order valence-electron chi connectivity index (χ2n) is 3.98. The molecule has 0 N–H and O–H groups in total. The van der Waals surface area contributed by atoms with Crippen molar-refractivity contribution in [3.63, 3.8) is 0 Å². The first kappa shape index (κ1) is 10.4. The largest absolute Gasteiger partial charge is 0.332 e. The number of nitrogens with zero attached hydrogens (tertiary/aromatic N) is 4. The average Bonchev–Trinajstić information content (AvgIpc) is 2.91. The van der Waals surface area contributed by atoms with Gasteiger partial charge in [0.25, 0.3) is 0 Å². The van der Waals surface area contributed by atoms with Crippen molar-refractivity contribution in [1.82, 2.24) is 19.1 Å². The van der Waals surface area contributed by atoms with Crippen LogP contribution in [-0.4, -0.2) is 19.1 Å². The van der Waals surface area contributed by atoms with Gasteiger partial charge in [0, 0.05) is 30.5 Å². The fourth-order valence-electron chi connectivity index (χ4n) is 1.95. The van der Waals surface area contributed by atoms with Crippen molar-refractivity contribution in [2.75, 3.05) is 0 Å². The van der Waals surface area contributed by atoms with Crippen LogP contribution < -0.4 is 0 Å². The SMILES string of the molecule is Cn1c(Cn2ccnc2)cc2ccc(Cl)nc21. The standard InChI is InChI=1S/C12H11ClN4/c1-16-10(7-17-5-4-14-8-17)6-9-2-3-11(13)15-12(9)16/h2-6,8H,7H2,1H3. The second kappa shape index (κ2) is 3.89. The van der Waals surface area contributed by atoms with Gasteiger partial charge in [-0.25, -0.2) is 9.97 Å². The second-order valence-corrected chi connectivity index (χ2v) is 4.36. The molecule has 0 amide bonds. The molecule has 4 nitrogen and oxygen atoms in total. The van der Waals surface area contributed by atoms with E-state index in [0.717, 1.165) is 17.6 Å². The highest BCUT2D eigenvalue weighted by Gasteiger charge is 2.07. The Kier molecular flexibility index (Phi) is 2.37. The van der Waals surface area contributed by atoms with Crippen LogP contribution >= 0.6 is 11.6 Å². The predicted octanol–water partition coefficient (Wildman–Crippen LogP) is 2.47. The van der Waals surface area contributed by atoms with Crippen molar-refractivity contribution < 1.29 is 0 Å². The normalized spacial score (nSPS) is 11.2. The van der Waals surface area contributed by atoms with Gasteiger partial charge in [0.2, 0.25) is 0 Å². The third-order valence-electron chi connectivity index (χ3n) is 2.85. The molecule has 3 aromatic rings. The number of halogens is 1. The third kappa shape index (κ3) is 1.80. The lowest BCUT2D eigenvalue weighted by atomic mass is 10.3. The zero-order valence-corrected chi connectivity index (χ0v) is 10.1. The minimum atomic E-state index is 0.521. The van der Waals surface area contributed by atoms with Crippen LogP contribution in [0.3, 0.4) is 0 Å². The van der Waals surface area contributed by atoms with Gasteiger partial charge in [0.15, 0.2) is 0 Å². The summed E-state index contributed by atoms with van der Waals surface area (Å²) in [6, 6.07) is 5.92. The molecule has 0 aliphatic heterocycles. The number of imidazole rings is 1. The fraction of sp³-hybridized carbons (Fsp3) is 0.167. The molecule has 0 bridgehead atoms. The van der Waals surface area contributed by atoms with Crippen LogP contribution in [0.4, 0.5) is 0 Å². The minimum absolute atomic E-state index is 0.521. The summed E-state index contributed by atoms with van der Waals surface area (Å²) in [4.78, 5) is 8.36. The monoisotopic (exact) mass is 246 g/mol. The molecule has 3 heterocycles. The van der Waals surface area contributed by atoms with Crippen LogP contribution in [-0.2, 0) is 13.6 Å². The number of aryl methyl sites for hydroxylation is 1. The molecule has 17 heavy (non-hydrogen) atoms. The van der Waals surface area contributed by atoms with E-state index >= 15 is 0 Å². The Hall–Kier alpha value is -1.81. The maximum atomic E-state index is 5.90. The summed E-state index contributed by atoms with van der Waals surface area (Å²) in [5.74, 6) is 0. The molecule has 0 aliphatic rings. The van der Waals surface area contributed by atoms with E-state index in [1.54, 1.807) is 12.5 Å². The Labute approximate surface area is 103 Å². The van der Waals surface area contributed by atoms with Crippen LogP contribution in [0.1, 0.15) is 5.69 Å². The van der Waals surface area contributed by atoms with E-state index < -0.39 is 0 Å². The minimum Gasteiger partial charge on any atom is -0.332 e. The molecule has 0 fully saturated rings. The number of hydrogen-bond acceptors (Lipinski definition) is 2. The Morgan fingerprint density at radius 2 is 2.24 bits per heavy atom. The number of pyridine rings is 1. The first-order chi connectivity index (χ1) is 8.24. The molecule has 0 atom stereocenters. The molecule has 5 heteroatoms. The molecule has 0 radical (unpaired) electrons. The lowest BCUT2D eigenvalue weighted by Gasteiger charge is -2.04. The lowest BCUT2D eigenvalue weighted by Crippen LogP contribution is -2.02. The van der Waals surface area contributed by atoms with Crippen molar-refractivity contribution in [1.29, 1.82) is 0 Å². The predicted molar refractivity (Wildman–Crippen MR) is 67.1 cm³/mol. The van der Waals surface area contributed by atoms with Gasteiger partial charge in [-0.3, -0.25) is 0 Å². The quantitative estimate of drug-likeness (QED) is 0.652. The number of aromatic nitrogens is 4. The van der Waals surface area contributed by atoms with E-state index in [1.807, 2.05) is 29.9 Å². The molecule has 3 aromatic heterocycles. The lowest BCUT2D eigenvalue weighted by molar-refractivity contribution is 0.729. The molecule has 0 aliphatic carbocycles. The van der Waals surface area contributed by atoms with Crippen LogP contribution in [0.5, 0.6) is 0 Å². The van der Waals surface area contributed by atoms with E-state index in [1.165, 1.54) is 5.69 Å². The molecule has 0 saturated heterocycles. The van der Waals surface area contributed by atoms with E-state index in [9.17, 15) is 0 Å². The maximum Gasteiger partial charge on any atom is 0.141 e. The van der Waals surface area contributed by atoms with E-state index in [0.29, 0.717) is 5.15 Å². The van der Waals surface area contributed by atoms with Gasteiger partial charge in [0.1, 0.15) is 10.8 Å². The van der Waals surface area contributed by atoms with Gasteiger partial charge < -0.3 is 9.13 Å². The summed E-state index contributed by atoms with van der Waals surface area (Å²) in [5.41, 5.74) is 2.08. The van der Waals surface area contributed by atoms with Gasteiger partial charge in [-0.2, -0.15) is 0 Å². The van der Waals surface area contributed by atoms with E-state index in [4.69, 9.17) is 11.6 Å². The molecule has 86 valence electrons. The molecule has 0 aromatic carbocycles. The first-order valence-electron chi connectivity index (χ1n) is 5.30. The Bertz CT molecular complexity index is 655. The zero-order valence-electron chi connectivity index (χ0n) is 9.34. The molecule has 3 rings (SSSR count). The van der Waals surface area contributed by atoms with Crippen molar-refractivity contribution >= 4 is 22.6 Å². The van der Waals surface area contributed by atoms with E-state index in [-0.39, 0.29) is 0 Å². The first-order valence-corrected chi connectivity index (χ1v) is 5.68. The maximum absolute atomic E-state index is 5.90. The van der Waals surface area contributed by atoms with Crippen LogP contribution in [0, 0.1) is 0 Å². The van der Waals surface area contributed by atoms with Crippen LogP contribution in [0.25, 0.3) is 11.0 Å². The summed E-state index contributed by atoms with van der Waals surface area (Å²) in [5, 5.41) is 1.62. The summed E-state index contributed by atoms with van der Waals surface area (Å²) in [6.07, 6.45) is 5.52. The molecule has 0 saturated carbocycles. The van der Waals surface area contributed by atoms with Crippen molar-refractivity contribution in [2.24, 2.45) is 7.05 Å². The summed E-state index contributed by atoms with van der Waals surface area (Å²) >= 11 is 5.90. The Morgan fingerprint density at radius 3 is 3.00 bits per heavy atom. The van der Waals surface area contributed by atoms with Gasteiger partial charge in [-0.05, 0) is 18.2 Å². The molecule has 0 unspecified atom stereocenters. The Morgan fingerprint density at radius 1 is 1.35 bits per heavy atom. The van der Waals surface area contributed by atoms with Crippen molar-refractivity contribution in [3.8, 4) is 0 Å². The van der Waals surface area contributed by atoms with Gasteiger partial charge in [-0.1, -0.05) is 11.6 Å². The topological polar surface area (TPSA) is 35.6 Å². The highest BCUT2D eigenvalue weighted by Crippen LogP contribution is 2.19. The van der Waals surface area contributed by atoms with Crippen molar-refractivity contribution in [2.45, 2.75) is 6.54 Å². The Balaban J connectivity index is 2.08. The highest BCUT2D eigenvalue weighted by atomic mass is 35.5. The van der Waals surface area contributed by atoms with Gasteiger partial charge in [-0.15, -0.1) is 0 Å². The van der Waals surface area contributed by atoms with Crippen molar-refractivity contribution in [3.05, 3.63) is 47.8 Å². The summed E-state index contributed by atoms with van der Waals surface area (Å²) in [6.45, 7) is 0.782. The number of rotatable bonds is 2. The molecular weight excluding hydrogens is 236 g/mol. The number of hydrogen-bond donors (Lipinski definition) is 0. The van der Waals surface area contributed by atoms with Crippen LogP contribution in [0.15, 0.2) is 36.9 Å². The average molecular weight is 247 g/mol. The zero-order chi connectivity index (χ0) is 11.8. The smallest absolute Gasteiger partial charge is 0.141 e. The third-order valence-corrected chi connectivity index (χ3v) is 3.06. The molecular formula is C12H11ClN4. The van der Waals surface area contributed by atoms with Crippen LogP contribution in [0.2, 0.25) is 5.15 Å². The van der Waals surface area contributed by atoms with Gasteiger partial charge in [0.05, 0.1) is 12.9 Å². The number of fused-ring (bicyclic) bond motifs is 1. The summed E-state index contributed by atoms with van der Waals surface area (Å²) < 4.78 is 4.08. The molecule has 0 spiro atoms. The van der Waals surface area contributed by atoms with E-state index in [2.05, 4.69) is 20.6 Å². The van der Waals surface area contributed by atoms with Gasteiger partial charge >= 0.3 is 0 Å². The summed E-state index contributed by atoms with van der Waals surface area (Å²) in [7, 11) is 2.00.